The van der Waals surface area contributed by atoms with Gasteiger partial charge in [0, 0.05) is 23.4 Å². The standard InChI is InChI=1S/C22H18F4N2O5S/c1-3-32-21-15(5-4-10-27-21)16-11-17(20(29)28-34(2,30)31)18(23)12-19(16)33-14-8-6-13(7-9-14)22(24,25)26/h4-12H,3H2,1-2H3,(H,28,29). The Hall–Kier alpha value is -3.67. The van der Waals surface area contributed by atoms with Gasteiger partial charge in [0.1, 0.15) is 17.3 Å². The molecule has 7 nitrogen and oxygen atoms in total. The van der Waals surface area contributed by atoms with Crippen LogP contribution in [-0.4, -0.2) is 32.2 Å². The molecule has 3 aromatic rings. The molecule has 0 unspecified atom stereocenters. The highest BCUT2D eigenvalue weighted by Gasteiger charge is 2.30. The number of amides is 1. The highest BCUT2D eigenvalue weighted by atomic mass is 32.2. The summed E-state index contributed by atoms with van der Waals surface area (Å²) >= 11 is 0. The van der Waals surface area contributed by atoms with E-state index in [1.54, 1.807) is 23.8 Å². The van der Waals surface area contributed by atoms with Crippen LogP contribution in [-0.2, 0) is 16.2 Å². The number of rotatable bonds is 7. The van der Waals surface area contributed by atoms with Crippen LogP contribution in [0.5, 0.6) is 17.4 Å². The van der Waals surface area contributed by atoms with Gasteiger partial charge in [-0.3, -0.25) is 4.79 Å². The number of halogens is 4. The number of nitrogens with one attached hydrogen (secondary N) is 1. The third kappa shape index (κ3) is 6.01. The highest BCUT2D eigenvalue weighted by Crippen LogP contribution is 2.40. The lowest BCUT2D eigenvalue weighted by atomic mass is 10.0. The Balaban J connectivity index is 2.13. The molecule has 0 aliphatic carbocycles. The van der Waals surface area contributed by atoms with Crippen LogP contribution in [0.15, 0.2) is 54.7 Å². The monoisotopic (exact) mass is 498 g/mol. The average molecular weight is 498 g/mol. The first-order valence-electron chi connectivity index (χ1n) is 9.68. The minimum atomic E-state index is -4.55. The third-order valence-corrected chi connectivity index (χ3v) is 4.90. The molecule has 0 spiro atoms. The number of nitrogens with zero attached hydrogens (tertiary/aromatic N) is 1. The average Bonchev–Trinajstić information content (AvgIpc) is 2.73. The lowest BCUT2D eigenvalue weighted by Crippen LogP contribution is -2.30. The molecule has 3 rings (SSSR count). The van der Waals surface area contributed by atoms with Gasteiger partial charge in [0.25, 0.3) is 5.91 Å². The van der Waals surface area contributed by atoms with Crippen LogP contribution in [0.4, 0.5) is 17.6 Å². The molecular weight excluding hydrogens is 480 g/mol. The molecule has 1 N–H and O–H groups in total. The molecule has 180 valence electrons. The van der Waals surface area contributed by atoms with Crippen LogP contribution in [0.2, 0.25) is 0 Å². The Morgan fingerprint density at radius 3 is 2.35 bits per heavy atom. The maximum absolute atomic E-state index is 14.8. The molecule has 0 radical (unpaired) electrons. The molecule has 0 aliphatic heterocycles. The molecule has 0 bridgehead atoms. The molecule has 2 aromatic carbocycles. The molecule has 0 aliphatic rings. The zero-order valence-electron chi connectivity index (χ0n) is 17.8. The van der Waals surface area contributed by atoms with Crippen molar-refractivity contribution in [3.05, 3.63) is 71.7 Å². The summed E-state index contributed by atoms with van der Waals surface area (Å²) in [5.41, 5.74) is -1.13. The van der Waals surface area contributed by atoms with Crippen molar-refractivity contribution in [1.82, 2.24) is 9.71 Å². The lowest BCUT2D eigenvalue weighted by Gasteiger charge is -2.16. The number of hydrogen-bond donors (Lipinski definition) is 1. The van der Waals surface area contributed by atoms with Crippen molar-refractivity contribution in [1.29, 1.82) is 0 Å². The van der Waals surface area contributed by atoms with Crippen LogP contribution in [0.3, 0.4) is 0 Å². The van der Waals surface area contributed by atoms with E-state index in [-0.39, 0.29) is 35.1 Å². The third-order valence-electron chi connectivity index (χ3n) is 4.34. The first-order chi connectivity index (χ1) is 15.9. The Morgan fingerprint density at radius 1 is 1.09 bits per heavy atom. The smallest absolute Gasteiger partial charge is 0.416 e. The van der Waals surface area contributed by atoms with Crippen molar-refractivity contribution in [3.8, 4) is 28.5 Å². The number of alkyl halides is 3. The van der Waals surface area contributed by atoms with E-state index in [1.807, 2.05) is 0 Å². The summed E-state index contributed by atoms with van der Waals surface area (Å²) < 4.78 is 89.0. The topological polar surface area (TPSA) is 94.6 Å². The van der Waals surface area contributed by atoms with Crippen LogP contribution in [0.1, 0.15) is 22.8 Å². The van der Waals surface area contributed by atoms with Gasteiger partial charge >= 0.3 is 6.18 Å². The molecule has 1 amide bonds. The Labute approximate surface area is 192 Å². The van der Waals surface area contributed by atoms with Crippen LogP contribution in [0.25, 0.3) is 11.1 Å². The molecule has 0 saturated carbocycles. The van der Waals surface area contributed by atoms with E-state index in [4.69, 9.17) is 9.47 Å². The molecule has 1 aromatic heterocycles. The predicted molar refractivity (Wildman–Crippen MR) is 115 cm³/mol. The maximum atomic E-state index is 14.8. The minimum absolute atomic E-state index is 0.0381. The lowest BCUT2D eigenvalue weighted by molar-refractivity contribution is -0.137. The van der Waals surface area contributed by atoms with Crippen molar-refractivity contribution >= 4 is 15.9 Å². The number of benzene rings is 2. The van der Waals surface area contributed by atoms with E-state index in [0.29, 0.717) is 0 Å². The molecular formula is C22H18F4N2O5S. The summed E-state index contributed by atoms with van der Waals surface area (Å²) in [6, 6.07) is 8.68. The van der Waals surface area contributed by atoms with Gasteiger partial charge in [-0.05, 0) is 49.4 Å². The fourth-order valence-corrected chi connectivity index (χ4v) is 3.38. The summed E-state index contributed by atoms with van der Waals surface area (Å²) in [5.74, 6) is -2.42. The van der Waals surface area contributed by atoms with Gasteiger partial charge in [0.15, 0.2) is 0 Å². The Bertz CT molecular complexity index is 1310. The van der Waals surface area contributed by atoms with E-state index in [0.717, 1.165) is 42.7 Å². The molecule has 0 saturated heterocycles. The summed E-state index contributed by atoms with van der Waals surface area (Å²) in [5, 5.41) is 0. The first kappa shape index (κ1) is 25.0. The second-order valence-corrected chi connectivity index (χ2v) is 8.69. The molecule has 34 heavy (non-hydrogen) atoms. The summed E-state index contributed by atoms with van der Waals surface area (Å²) in [7, 11) is -3.98. The van der Waals surface area contributed by atoms with Crippen molar-refractivity contribution in [2.24, 2.45) is 0 Å². The van der Waals surface area contributed by atoms with Gasteiger partial charge in [0.2, 0.25) is 15.9 Å². The number of carbonyl (C=O) groups excluding carboxylic acids is 1. The second kappa shape index (κ2) is 9.67. The summed E-state index contributed by atoms with van der Waals surface area (Å²) in [4.78, 5) is 16.4. The zero-order valence-corrected chi connectivity index (χ0v) is 18.6. The number of sulfonamides is 1. The Kier molecular flexibility index (Phi) is 7.10. The van der Waals surface area contributed by atoms with Gasteiger partial charge in [-0.1, -0.05) is 0 Å². The fourth-order valence-electron chi connectivity index (χ4n) is 2.93. The number of ether oxygens (including phenoxy) is 2. The first-order valence-corrected chi connectivity index (χ1v) is 11.6. The second-order valence-electron chi connectivity index (χ2n) is 6.94. The molecule has 0 fully saturated rings. The van der Waals surface area contributed by atoms with E-state index in [9.17, 15) is 30.8 Å². The van der Waals surface area contributed by atoms with Gasteiger partial charge in [0.05, 0.1) is 24.0 Å². The van der Waals surface area contributed by atoms with E-state index < -0.39 is 39.1 Å². The number of pyridine rings is 1. The van der Waals surface area contributed by atoms with E-state index in [1.165, 1.54) is 6.20 Å². The molecule has 1 heterocycles. The fraction of sp³-hybridized carbons (Fsp3) is 0.182. The van der Waals surface area contributed by atoms with Crippen molar-refractivity contribution in [2.45, 2.75) is 13.1 Å². The van der Waals surface area contributed by atoms with Crippen LogP contribution < -0.4 is 14.2 Å². The number of aromatic nitrogens is 1. The number of hydrogen-bond acceptors (Lipinski definition) is 6. The van der Waals surface area contributed by atoms with Gasteiger partial charge in [-0.2, -0.15) is 13.2 Å². The zero-order chi connectivity index (χ0) is 25.1. The van der Waals surface area contributed by atoms with Crippen molar-refractivity contribution < 1.29 is 40.2 Å². The van der Waals surface area contributed by atoms with Crippen LogP contribution >= 0.6 is 0 Å². The van der Waals surface area contributed by atoms with Crippen molar-refractivity contribution in [3.63, 3.8) is 0 Å². The quantitative estimate of drug-likeness (QED) is 0.471. The highest BCUT2D eigenvalue weighted by molar-refractivity contribution is 7.89. The summed E-state index contributed by atoms with van der Waals surface area (Å²) in [6.07, 6.45) is -2.38. The number of carbonyl (C=O) groups is 1. The van der Waals surface area contributed by atoms with Gasteiger partial charge < -0.3 is 9.47 Å². The SMILES string of the molecule is CCOc1ncccc1-c1cc(C(=O)NS(C)(=O)=O)c(F)cc1Oc1ccc(C(F)(F)F)cc1. The van der Waals surface area contributed by atoms with Crippen LogP contribution in [0, 0.1) is 5.82 Å². The molecule has 12 heteroatoms. The maximum Gasteiger partial charge on any atom is 0.416 e. The predicted octanol–water partition coefficient (Wildman–Crippen LogP) is 4.79. The van der Waals surface area contributed by atoms with Crippen molar-refractivity contribution in [2.75, 3.05) is 12.9 Å². The van der Waals surface area contributed by atoms with Gasteiger partial charge in [-0.15, -0.1) is 0 Å². The van der Waals surface area contributed by atoms with E-state index >= 15 is 0 Å². The molecule has 0 atom stereocenters. The Morgan fingerprint density at radius 2 is 1.76 bits per heavy atom. The largest absolute Gasteiger partial charge is 0.478 e. The van der Waals surface area contributed by atoms with Gasteiger partial charge in [-0.25, -0.2) is 22.5 Å². The normalized spacial score (nSPS) is 11.7. The van der Waals surface area contributed by atoms with E-state index in [2.05, 4.69) is 4.98 Å². The summed E-state index contributed by atoms with van der Waals surface area (Å²) in [6.45, 7) is 1.93. The minimum Gasteiger partial charge on any atom is -0.478 e.